The molecule has 0 radical (unpaired) electrons. The predicted octanol–water partition coefficient (Wildman–Crippen LogP) is 2.33. The van der Waals surface area contributed by atoms with Gasteiger partial charge >= 0.3 is 11.9 Å². The van der Waals surface area contributed by atoms with Gasteiger partial charge in [0.05, 0.1) is 20.9 Å². The van der Waals surface area contributed by atoms with Crippen LogP contribution in [0.1, 0.15) is 20.7 Å². The van der Waals surface area contributed by atoms with Crippen LogP contribution < -0.4 is 20.6 Å². The van der Waals surface area contributed by atoms with Crippen LogP contribution in [0.3, 0.4) is 0 Å². The molecule has 2 N–H and O–H groups in total. The van der Waals surface area contributed by atoms with Gasteiger partial charge in [-0.2, -0.15) is 0 Å². The van der Waals surface area contributed by atoms with Crippen molar-refractivity contribution in [1.29, 1.82) is 0 Å². The summed E-state index contributed by atoms with van der Waals surface area (Å²) in [6.07, 6.45) is 2.43. The molecular weight excluding hydrogens is 476 g/mol. The molecule has 2 heterocycles. The fourth-order valence-electron chi connectivity index (χ4n) is 2.92. The van der Waals surface area contributed by atoms with Crippen molar-refractivity contribution in [1.82, 2.24) is 9.97 Å². The lowest BCUT2D eigenvalue weighted by Crippen LogP contribution is -2.12. The Morgan fingerprint density at radius 2 is 0.943 bits per heavy atom. The number of sulfone groups is 1. The van der Waals surface area contributed by atoms with E-state index < -0.39 is 21.8 Å². The average molecular weight is 492 g/mol. The Balaban J connectivity index is 1.45. The number of carbonyl (C=O) groups excluding carboxylic acids is 2. The average Bonchev–Trinajstić information content (AvgIpc) is 2.85. The largest absolute Gasteiger partial charge is 0.423 e. The zero-order chi connectivity index (χ0) is 25.0. The maximum atomic E-state index is 12.9. The molecule has 4 rings (SSSR count). The van der Waals surface area contributed by atoms with E-state index in [1.165, 1.54) is 85.2 Å². The Morgan fingerprint density at radius 1 is 0.571 bits per heavy atom. The van der Waals surface area contributed by atoms with Gasteiger partial charge in [0.25, 0.3) is 0 Å². The van der Waals surface area contributed by atoms with Crippen molar-refractivity contribution in [3.63, 3.8) is 0 Å². The van der Waals surface area contributed by atoms with Crippen molar-refractivity contribution in [2.75, 3.05) is 0 Å². The van der Waals surface area contributed by atoms with Crippen LogP contribution in [0.5, 0.6) is 11.5 Å². The highest BCUT2D eigenvalue weighted by Gasteiger charge is 2.19. The van der Waals surface area contributed by atoms with Crippen molar-refractivity contribution in [2.45, 2.75) is 9.79 Å². The summed E-state index contributed by atoms with van der Waals surface area (Å²) in [6, 6.07) is 15.4. The van der Waals surface area contributed by atoms with Crippen LogP contribution in [0.2, 0.25) is 0 Å². The van der Waals surface area contributed by atoms with E-state index in [2.05, 4.69) is 9.97 Å². The molecule has 11 heteroatoms. The molecule has 0 aliphatic heterocycles. The number of H-pyrrole nitrogens is 2. The van der Waals surface area contributed by atoms with Crippen molar-refractivity contribution >= 4 is 21.8 Å². The summed E-state index contributed by atoms with van der Waals surface area (Å²) in [6.45, 7) is 0. The molecule has 0 atom stereocenters. The zero-order valence-electron chi connectivity index (χ0n) is 17.8. The summed E-state index contributed by atoms with van der Waals surface area (Å²) < 4.78 is 36.2. The van der Waals surface area contributed by atoms with E-state index in [-0.39, 0.29) is 43.5 Å². The van der Waals surface area contributed by atoms with Gasteiger partial charge in [0.15, 0.2) is 0 Å². The van der Waals surface area contributed by atoms with Crippen molar-refractivity contribution < 1.29 is 27.5 Å². The van der Waals surface area contributed by atoms with E-state index in [1.54, 1.807) is 0 Å². The second kappa shape index (κ2) is 9.61. The topological polar surface area (TPSA) is 152 Å². The van der Waals surface area contributed by atoms with Gasteiger partial charge in [-0.05, 0) is 60.7 Å². The second-order valence-electron chi connectivity index (χ2n) is 7.11. The lowest BCUT2D eigenvalue weighted by molar-refractivity contribution is 0.0724. The number of pyridine rings is 2. The van der Waals surface area contributed by atoms with Crippen LogP contribution in [0.15, 0.2) is 105 Å². The minimum Gasteiger partial charge on any atom is -0.423 e. The molecule has 0 fully saturated rings. The summed E-state index contributed by atoms with van der Waals surface area (Å²) in [7, 11) is -3.90. The molecule has 176 valence electrons. The summed E-state index contributed by atoms with van der Waals surface area (Å²) in [5.41, 5.74) is -0.475. The number of carbonyl (C=O) groups is 2. The summed E-state index contributed by atoms with van der Waals surface area (Å²) in [4.78, 5) is 51.1. The van der Waals surface area contributed by atoms with E-state index in [9.17, 15) is 27.6 Å². The van der Waals surface area contributed by atoms with E-state index in [4.69, 9.17) is 9.47 Å². The fourth-order valence-corrected chi connectivity index (χ4v) is 4.18. The Labute approximate surface area is 197 Å². The highest BCUT2D eigenvalue weighted by molar-refractivity contribution is 7.91. The number of hydrogen-bond acceptors (Lipinski definition) is 8. The molecule has 4 aromatic rings. The fraction of sp³-hybridized carbons (Fsp3) is 0. The molecule has 2 aromatic heterocycles. The lowest BCUT2D eigenvalue weighted by Gasteiger charge is -2.08. The third kappa shape index (κ3) is 5.42. The number of nitrogens with one attached hydrogen (secondary N) is 2. The first-order chi connectivity index (χ1) is 16.7. The molecule has 0 saturated heterocycles. The van der Waals surface area contributed by atoms with E-state index >= 15 is 0 Å². The zero-order valence-corrected chi connectivity index (χ0v) is 18.6. The Hall–Kier alpha value is -4.77. The first kappa shape index (κ1) is 23.4. The van der Waals surface area contributed by atoms with Crippen LogP contribution in [0.25, 0.3) is 0 Å². The van der Waals surface area contributed by atoms with Crippen molar-refractivity contribution in [3.05, 3.63) is 117 Å². The third-order valence-corrected chi connectivity index (χ3v) is 6.51. The van der Waals surface area contributed by atoms with Gasteiger partial charge in [0.2, 0.25) is 21.0 Å². The van der Waals surface area contributed by atoms with Gasteiger partial charge in [-0.15, -0.1) is 0 Å². The van der Waals surface area contributed by atoms with Crippen LogP contribution in [0.4, 0.5) is 0 Å². The number of aromatic amines is 2. The van der Waals surface area contributed by atoms with E-state index in [0.29, 0.717) is 0 Å². The van der Waals surface area contributed by atoms with Gasteiger partial charge in [-0.25, -0.2) is 18.0 Å². The smallest absolute Gasteiger partial charge is 0.345 e. The first-order valence-electron chi connectivity index (χ1n) is 9.99. The molecule has 0 aliphatic carbocycles. The molecule has 0 amide bonds. The predicted molar refractivity (Wildman–Crippen MR) is 122 cm³/mol. The van der Waals surface area contributed by atoms with Crippen LogP contribution in [0, 0.1) is 0 Å². The Kier molecular flexibility index (Phi) is 6.42. The third-order valence-electron chi connectivity index (χ3n) is 4.73. The summed E-state index contributed by atoms with van der Waals surface area (Å²) in [5.74, 6) is -1.21. The maximum Gasteiger partial charge on any atom is 0.345 e. The number of rotatable bonds is 6. The van der Waals surface area contributed by atoms with Gasteiger partial charge in [0, 0.05) is 24.5 Å². The Morgan fingerprint density at radius 3 is 1.26 bits per heavy atom. The molecule has 10 nitrogen and oxygen atoms in total. The number of ether oxygens (including phenoxy) is 2. The van der Waals surface area contributed by atoms with Gasteiger partial charge in [0.1, 0.15) is 11.5 Å². The highest BCUT2D eigenvalue weighted by Crippen LogP contribution is 2.25. The summed E-state index contributed by atoms with van der Waals surface area (Å²) in [5, 5.41) is 0. The molecular formula is C24H16N2O8S. The van der Waals surface area contributed by atoms with Gasteiger partial charge < -0.3 is 19.4 Å². The van der Waals surface area contributed by atoms with Crippen LogP contribution >= 0.6 is 0 Å². The van der Waals surface area contributed by atoms with E-state index in [0.717, 1.165) is 0 Å². The van der Waals surface area contributed by atoms with Gasteiger partial charge in [-0.3, -0.25) is 9.59 Å². The second-order valence-corrected chi connectivity index (χ2v) is 9.06. The molecule has 2 aromatic carbocycles. The number of esters is 2. The number of hydrogen-bond donors (Lipinski definition) is 2. The summed E-state index contributed by atoms with van der Waals surface area (Å²) >= 11 is 0. The normalized spacial score (nSPS) is 11.0. The minimum atomic E-state index is -3.90. The lowest BCUT2D eigenvalue weighted by atomic mass is 10.3. The van der Waals surface area contributed by atoms with Crippen LogP contribution in [-0.4, -0.2) is 30.3 Å². The molecule has 0 bridgehead atoms. The highest BCUT2D eigenvalue weighted by atomic mass is 32.2. The van der Waals surface area contributed by atoms with Crippen molar-refractivity contribution in [2.24, 2.45) is 0 Å². The molecule has 0 aliphatic rings. The molecule has 0 saturated carbocycles. The molecule has 0 unspecified atom stereocenters. The minimum absolute atomic E-state index is 0.0423. The molecule has 0 spiro atoms. The van der Waals surface area contributed by atoms with Crippen molar-refractivity contribution in [3.8, 4) is 11.5 Å². The molecule has 35 heavy (non-hydrogen) atoms. The maximum absolute atomic E-state index is 12.9. The SMILES string of the molecule is O=C(Oc1ccc(S(=O)(=O)c2ccc(OC(=O)c3ccc(=O)[nH]c3)cc2)cc1)c1ccc(=O)[nH]c1. The number of aromatic nitrogens is 2. The van der Waals surface area contributed by atoms with Gasteiger partial charge in [-0.1, -0.05) is 0 Å². The van der Waals surface area contributed by atoms with Crippen LogP contribution in [-0.2, 0) is 9.84 Å². The first-order valence-corrected chi connectivity index (χ1v) is 11.5. The van der Waals surface area contributed by atoms with E-state index in [1.807, 2.05) is 0 Å². The Bertz CT molecular complexity index is 1460. The quantitative estimate of drug-likeness (QED) is 0.307. The monoisotopic (exact) mass is 492 g/mol. The number of benzene rings is 2. The standard InChI is InChI=1S/C24H16N2O8S/c27-21-11-1-15(13-25-21)23(29)33-17-3-7-19(8-4-17)35(31,32)20-9-5-18(6-10-20)34-24(30)16-2-12-22(28)26-14-16/h1-14H,(H,25,27)(H,26,28).